The fourth-order valence-electron chi connectivity index (χ4n) is 3.85. The first kappa shape index (κ1) is 17.0. The van der Waals surface area contributed by atoms with Crippen molar-refractivity contribution < 1.29 is 23.8 Å². The summed E-state index contributed by atoms with van der Waals surface area (Å²) in [6, 6.07) is 0. The lowest BCUT2D eigenvalue weighted by atomic mass is 9.84. The standard InChI is InChI=1S/C19H22N2O5/c1-12-14-6-5-13(10-24-18(23)21-9-8-20-11-21)4-3-7-19(2)16(26-19)15(14)25-17(12)22/h4,8-9,11,14-16H,1,3,5-7,10H2,2H3/b13-4+/t14-,15-,16-,19+/m0/s1. The van der Waals surface area contributed by atoms with Crippen molar-refractivity contribution in [2.45, 2.75) is 50.4 Å². The maximum Gasteiger partial charge on any atom is 0.419 e. The first-order valence-corrected chi connectivity index (χ1v) is 8.88. The van der Waals surface area contributed by atoms with Crippen LogP contribution in [-0.2, 0) is 19.0 Å². The van der Waals surface area contributed by atoms with Crippen LogP contribution in [0.15, 0.2) is 42.5 Å². The molecular weight excluding hydrogens is 336 g/mol. The van der Waals surface area contributed by atoms with Crippen LogP contribution >= 0.6 is 0 Å². The molecule has 2 fully saturated rings. The molecule has 1 aromatic rings. The van der Waals surface area contributed by atoms with E-state index in [1.807, 2.05) is 0 Å². The van der Waals surface area contributed by atoms with Gasteiger partial charge in [-0.2, -0.15) is 0 Å². The molecule has 26 heavy (non-hydrogen) atoms. The van der Waals surface area contributed by atoms with Crippen LogP contribution in [0.2, 0.25) is 0 Å². The highest BCUT2D eigenvalue weighted by molar-refractivity contribution is 5.91. The average Bonchev–Trinajstić information content (AvgIpc) is 2.98. The lowest BCUT2D eigenvalue weighted by molar-refractivity contribution is -0.140. The number of aromatic nitrogens is 2. The number of fused-ring (bicyclic) bond motifs is 3. The summed E-state index contributed by atoms with van der Waals surface area (Å²) >= 11 is 0. The summed E-state index contributed by atoms with van der Waals surface area (Å²) in [6.07, 6.45) is 8.94. The van der Waals surface area contributed by atoms with E-state index in [0.717, 1.165) is 31.3 Å². The van der Waals surface area contributed by atoms with Gasteiger partial charge >= 0.3 is 12.1 Å². The molecule has 7 heteroatoms. The minimum absolute atomic E-state index is 0.0512. The molecule has 4 atom stereocenters. The molecule has 2 saturated heterocycles. The molecule has 138 valence electrons. The zero-order valence-corrected chi connectivity index (χ0v) is 14.7. The predicted octanol–water partition coefficient (Wildman–Crippen LogP) is 2.62. The minimum Gasteiger partial charge on any atom is -0.455 e. The third kappa shape index (κ3) is 3.07. The van der Waals surface area contributed by atoms with Gasteiger partial charge in [0.15, 0.2) is 0 Å². The van der Waals surface area contributed by atoms with Gasteiger partial charge in [0.05, 0.1) is 5.60 Å². The number of carbonyl (C=O) groups excluding carboxylic acids is 2. The van der Waals surface area contributed by atoms with Crippen molar-refractivity contribution in [2.75, 3.05) is 6.61 Å². The van der Waals surface area contributed by atoms with E-state index in [-0.39, 0.29) is 36.3 Å². The number of nitrogens with zero attached hydrogens (tertiary/aromatic N) is 2. The molecule has 0 aromatic carbocycles. The molecule has 0 saturated carbocycles. The second-order valence-electron chi connectivity index (χ2n) is 7.32. The summed E-state index contributed by atoms with van der Waals surface area (Å²) in [5.74, 6) is -0.380. The summed E-state index contributed by atoms with van der Waals surface area (Å²) < 4.78 is 18.1. The van der Waals surface area contributed by atoms with Crippen molar-refractivity contribution in [1.29, 1.82) is 0 Å². The van der Waals surface area contributed by atoms with Gasteiger partial charge in [-0.3, -0.25) is 0 Å². The molecule has 4 rings (SSSR count). The van der Waals surface area contributed by atoms with Crippen LogP contribution in [0.3, 0.4) is 0 Å². The molecule has 7 nitrogen and oxygen atoms in total. The molecule has 3 heterocycles. The first-order chi connectivity index (χ1) is 12.5. The van der Waals surface area contributed by atoms with Crippen LogP contribution in [0.1, 0.15) is 32.6 Å². The number of esters is 1. The summed E-state index contributed by atoms with van der Waals surface area (Å²) in [4.78, 5) is 27.8. The molecule has 3 aliphatic rings. The highest BCUT2D eigenvalue weighted by atomic mass is 16.6. The summed E-state index contributed by atoms with van der Waals surface area (Å²) in [7, 11) is 0. The minimum atomic E-state index is -0.459. The second kappa shape index (κ2) is 6.39. The number of ether oxygens (including phenoxy) is 3. The summed E-state index contributed by atoms with van der Waals surface area (Å²) in [6.45, 7) is 6.18. The smallest absolute Gasteiger partial charge is 0.419 e. The van der Waals surface area contributed by atoms with E-state index in [1.165, 1.54) is 17.1 Å². The number of hydrogen-bond acceptors (Lipinski definition) is 6. The van der Waals surface area contributed by atoms with Gasteiger partial charge in [0, 0.05) is 23.9 Å². The Bertz CT molecular complexity index is 769. The van der Waals surface area contributed by atoms with Crippen molar-refractivity contribution in [3.63, 3.8) is 0 Å². The van der Waals surface area contributed by atoms with Gasteiger partial charge in [-0.25, -0.2) is 19.1 Å². The molecule has 0 radical (unpaired) electrons. The van der Waals surface area contributed by atoms with E-state index < -0.39 is 6.09 Å². The van der Waals surface area contributed by atoms with E-state index >= 15 is 0 Å². The van der Waals surface area contributed by atoms with E-state index in [4.69, 9.17) is 14.2 Å². The Morgan fingerprint density at radius 1 is 1.54 bits per heavy atom. The Morgan fingerprint density at radius 3 is 3.15 bits per heavy atom. The number of carbonyl (C=O) groups is 2. The zero-order chi connectivity index (χ0) is 18.3. The number of allylic oxidation sites excluding steroid dienone is 1. The maximum atomic E-state index is 12.0. The quantitative estimate of drug-likeness (QED) is 0.350. The van der Waals surface area contributed by atoms with Crippen LogP contribution in [0.5, 0.6) is 0 Å². The van der Waals surface area contributed by atoms with Crippen LogP contribution in [0, 0.1) is 5.92 Å². The SMILES string of the molecule is C=C1C(=O)O[C@H]2[C@H]1CC/C(COC(=O)n1ccnc1)=C\CC[C@@]1(C)O[C@@H]21. The fraction of sp³-hybridized carbons (Fsp3) is 0.526. The van der Waals surface area contributed by atoms with Crippen molar-refractivity contribution in [1.82, 2.24) is 9.55 Å². The molecule has 1 aliphatic carbocycles. The Labute approximate surface area is 151 Å². The molecule has 2 aliphatic heterocycles. The van der Waals surface area contributed by atoms with Gasteiger partial charge in [0.25, 0.3) is 0 Å². The highest BCUT2D eigenvalue weighted by Crippen LogP contribution is 2.49. The molecule has 0 bridgehead atoms. The monoisotopic (exact) mass is 358 g/mol. The van der Waals surface area contributed by atoms with Crippen molar-refractivity contribution >= 4 is 12.1 Å². The number of hydrogen-bond donors (Lipinski definition) is 0. The third-order valence-corrected chi connectivity index (χ3v) is 5.54. The van der Waals surface area contributed by atoms with Gasteiger partial charge in [-0.1, -0.05) is 12.7 Å². The summed E-state index contributed by atoms with van der Waals surface area (Å²) in [5, 5.41) is 0. The van der Waals surface area contributed by atoms with Crippen LogP contribution in [0.4, 0.5) is 4.79 Å². The van der Waals surface area contributed by atoms with Gasteiger partial charge < -0.3 is 14.2 Å². The van der Waals surface area contributed by atoms with Crippen molar-refractivity contribution in [2.24, 2.45) is 5.92 Å². The number of rotatable bonds is 2. The largest absolute Gasteiger partial charge is 0.455 e. The molecule has 0 unspecified atom stereocenters. The number of imidazole rings is 1. The Kier molecular flexibility index (Phi) is 4.19. The summed E-state index contributed by atoms with van der Waals surface area (Å²) in [5.41, 5.74) is 1.29. The fourth-order valence-corrected chi connectivity index (χ4v) is 3.85. The second-order valence-corrected chi connectivity index (χ2v) is 7.32. The third-order valence-electron chi connectivity index (χ3n) is 5.54. The Balaban J connectivity index is 1.45. The maximum absolute atomic E-state index is 12.0. The van der Waals surface area contributed by atoms with Gasteiger partial charge in [0.1, 0.15) is 25.1 Å². The molecule has 0 amide bonds. The average molecular weight is 358 g/mol. The van der Waals surface area contributed by atoms with Crippen molar-refractivity contribution in [3.05, 3.63) is 42.5 Å². The van der Waals surface area contributed by atoms with Gasteiger partial charge in [-0.15, -0.1) is 0 Å². The lowest BCUT2D eigenvalue weighted by Crippen LogP contribution is -2.29. The van der Waals surface area contributed by atoms with Crippen LogP contribution < -0.4 is 0 Å². The van der Waals surface area contributed by atoms with Crippen molar-refractivity contribution in [3.8, 4) is 0 Å². The first-order valence-electron chi connectivity index (χ1n) is 8.88. The van der Waals surface area contributed by atoms with Crippen LogP contribution in [-0.4, -0.2) is 46.0 Å². The van der Waals surface area contributed by atoms with Gasteiger partial charge in [-0.05, 0) is 38.2 Å². The van der Waals surface area contributed by atoms with E-state index in [9.17, 15) is 9.59 Å². The predicted molar refractivity (Wildman–Crippen MR) is 91.3 cm³/mol. The molecular formula is C19H22N2O5. The lowest BCUT2D eigenvalue weighted by Gasteiger charge is -2.20. The molecule has 0 spiro atoms. The Morgan fingerprint density at radius 2 is 2.38 bits per heavy atom. The zero-order valence-electron chi connectivity index (χ0n) is 14.7. The normalized spacial score (nSPS) is 35.6. The number of epoxide rings is 1. The topological polar surface area (TPSA) is 83.0 Å². The van der Waals surface area contributed by atoms with E-state index in [1.54, 1.807) is 6.20 Å². The molecule has 1 aromatic heterocycles. The van der Waals surface area contributed by atoms with E-state index in [0.29, 0.717) is 5.57 Å². The molecule has 0 N–H and O–H groups in total. The van der Waals surface area contributed by atoms with Crippen LogP contribution in [0.25, 0.3) is 0 Å². The highest BCUT2D eigenvalue weighted by Gasteiger charge is 2.61. The van der Waals surface area contributed by atoms with E-state index in [2.05, 4.69) is 24.6 Å². The Hall–Kier alpha value is -2.41. The van der Waals surface area contributed by atoms with Gasteiger partial charge in [0.2, 0.25) is 0 Å².